The molecular formula is C19H20F3N5O2. The van der Waals surface area contributed by atoms with Crippen molar-refractivity contribution in [2.24, 2.45) is 0 Å². The lowest BCUT2D eigenvalue weighted by Crippen LogP contribution is -2.25. The van der Waals surface area contributed by atoms with Crippen LogP contribution in [0.3, 0.4) is 0 Å². The topological polar surface area (TPSA) is 85.8 Å². The Morgan fingerprint density at radius 3 is 2.79 bits per heavy atom. The fraction of sp³-hybridized carbons (Fsp3) is 0.368. The van der Waals surface area contributed by atoms with Crippen molar-refractivity contribution < 1.29 is 22.4 Å². The van der Waals surface area contributed by atoms with E-state index < -0.39 is 11.7 Å². The maximum absolute atomic E-state index is 12.8. The lowest BCUT2D eigenvalue weighted by molar-refractivity contribution is -0.137. The molecule has 0 aliphatic carbocycles. The summed E-state index contributed by atoms with van der Waals surface area (Å²) in [5, 5.41) is 10.5. The van der Waals surface area contributed by atoms with Gasteiger partial charge in [0.2, 0.25) is 17.7 Å². The average Bonchev–Trinajstić information content (AvgIpc) is 3.35. The lowest BCUT2D eigenvalue weighted by atomic mass is 10.1. The van der Waals surface area contributed by atoms with Gasteiger partial charge in [0.15, 0.2) is 0 Å². The first-order valence-electron chi connectivity index (χ1n) is 9.10. The summed E-state index contributed by atoms with van der Waals surface area (Å²) >= 11 is 0. The summed E-state index contributed by atoms with van der Waals surface area (Å²) < 4.78 is 45.7. The van der Waals surface area contributed by atoms with Gasteiger partial charge in [0.1, 0.15) is 0 Å². The van der Waals surface area contributed by atoms with Crippen LogP contribution in [0, 0.1) is 0 Å². The summed E-state index contributed by atoms with van der Waals surface area (Å²) in [5.74, 6) is 0.355. The minimum atomic E-state index is -4.40. The van der Waals surface area contributed by atoms with E-state index >= 15 is 0 Å². The number of rotatable bonds is 9. The third kappa shape index (κ3) is 6.44. The van der Waals surface area contributed by atoms with E-state index in [2.05, 4.69) is 20.5 Å². The normalized spacial score (nSPS) is 11.6. The Labute approximate surface area is 165 Å². The van der Waals surface area contributed by atoms with Gasteiger partial charge in [-0.1, -0.05) is 18.2 Å². The minimum Gasteiger partial charge on any atom is -0.425 e. The molecule has 3 aromatic rings. The van der Waals surface area contributed by atoms with Gasteiger partial charge in [-0.2, -0.15) is 13.2 Å². The van der Waals surface area contributed by atoms with Crippen LogP contribution in [0.4, 0.5) is 13.2 Å². The van der Waals surface area contributed by atoms with Gasteiger partial charge < -0.3 is 14.3 Å². The molecule has 0 aliphatic rings. The van der Waals surface area contributed by atoms with E-state index in [0.717, 1.165) is 25.1 Å². The largest absolute Gasteiger partial charge is 0.425 e. The van der Waals surface area contributed by atoms with Gasteiger partial charge in [-0.15, -0.1) is 10.2 Å². The number of nitrogens with one attached hydrogen (secondary N) is 1. The minimum absolute atomic E-state index is 0.0946. The van der Waals surface area contributed by atoms with Crippen molar-refractivity contribution in [1.82, 2.24) is 25.1 Å². The Morgan fingerprint density at radius 1 is 1.21 bits per heavy atom. The highest BCUT2D eigenvalue weighted by Crippen LogP contribution is 2.29. The maximum Gasteiger partial charge on any atom is 0.416 e. The molecule has 0 bridgehead atoms. The predicted molar refractivity (Wildman–Crippen MR) is 96.7 cm³/mol. The average molecular weight is 407 g/mol. The quantitative estimate of drug-likeness (QED) is 0.551. The molecule has 154 valence electrons. The molecule has 0 radical (unpaired) electrons. The highest BCUT2D eigenvalue weighted by molar-refractivity contribution is 5.75. The summed E-state index contributed by atoms with van der Waals surface area (Å²) in [7, 11) is 0. The van der Waals surface area contributed by atoms with E-state index in [0.29, 0.717) is 12.1 Å². The molecule has 0 saturated carbocycles. The van der Waals surface area contributed by atoms with Crippen molar-refractivity contribution in [3.8, 4) is 0 Å². The van der Waals surface area contributed by atoms with Crippen molar-refractivity contribution in [2.45, 2.75) is 38.4 Å². The Bertz CT molecular complexity index is 922. The predicted octanol–water partition coefficient (Wildman–Crippen LogP) is 3.01. The van der Waals surface area contributed by atoms with Crippen LogP contribution in [0.2, 0.25) is 0 Å². The van der Waals surface area contributed by atoms with Gasteiger partial charge >= 0.3 is 6.18 Å². The molecule has 1 amide bonds. The van der Waals surface area contributed by atoms with Crippen molar-refractivity contribution in [3.05, 3.63) is 65.9 Å². The summed E-state index contributed by atoms with van der Waals surface area (Å²) in [5.41, 5.74) is -0.301. The molecule has 2 aromatic heterocycles. The number of amides is 1. The maximum atomic E-state index is 12.8. The van der Waals surface area contributed by atoms with Crippen molar-refractivity contribution in [2.75, 3.05) is 6.54 Å². The number of alkyl halides is 3. The number of benzene rings is 1. The van der Waals surface area contributed by atoms with E-state index in [-0.39, 0.29) is 37.0 Å². The van der Waals surface area contributed by atoms with E-state index in [1.807, 2.05) is 10.8 Å². The first kappa shape index (κ1) is 20.6. The summed E-state index contributed by atoms with van der Waals surface area (Å²) in [4.78, 5) is 15.8. The molecule has 7 nitrogen and oxygen atoms in total. The van der Waals surface area contributed by atoms with Gasteiger partial charge in [-0.05, 0) is 18.1 Å². The van der Waals surface area contributed by atoms with Crippen LogP contribution in [0.5, 0.6) is 0 Å². The number of hydrogen-bond acceptors (Lipinski definition) is 5. The van der Waals surface area contributed by atoms with E-state index in [1.165, 1.54) is 6.07 Å². The number of imidazole rings is 1. The summed E-state index contributed by atoms with van der Waals surface area (Å²) in [6, 6.07) is 4.97. The third-order valence-corrected chi connectivity index (χ3v) is 4.16. The monoisotopic (exact) mass is 407 g/mol. The van der Waals surface area contributed by atoms with Crippen LogP contribution in [-0.4, -0.2) is 32.2 Å². The smallest absolute Gasteiger partial charge is 0.416 e. The zero-order chi connectivity index (χ0) is 20.7. The third-order valence-electron chi connectivity index (χ3n) is 4.16. The van der Waals surface area contributed by atoms with Gasteiger partial charge in [-0.3, -0.25) is 4.79 Å². The Kier molecular flexibility index (Phi) is 6.63. The van der Waals surface area contributed by atoms with Crippen LogP contribution >= 0.6 is 0 Å². The molecule has 3 rings (SSSR count). The van der Waals surface area contributed by atoms with Crippen LogP contribution in [-0.2, 0) is 30.4 Å². The molecule has 10 heteroatoms. The first-order valence-corrected chi connectivity index (χ1v) is 9.10. The van der Waals surface area contributed by atoms with E-state index in [4.69, 9.17) is 4.42 Å². The van der Waals surface area contributed by atoms with Crippen LogP contribution in [0.15, 0.2) is 47.4 Å². The second kappa shape index (κ2) is 9.35. The molecule has 1 aromatic carbocycles. The fourth-order valence-corrected chi connectivity index (χ4v) is 2.71. The summed E-state index contributed by atoms with van der Waals surface area (Å²) in [6.07, 6.45) is 2.20. The van der Waals surface area contributed by atoms with Crippen LogP contribution in [0.25, 0.3) is 0 Å². The molecule has 2 heterocycles. The Balaban J connectivity index is 1.41. The number of hydrogen-bond donors (Lipinski definition) is 1. The van der Waals surface area contributed by atoms with Gasteiger partial charge in [-0.25, -0.2) is 4.98 Å². The first-order chi connectivity index (χ1) is 13.9. The number of aromatic nitrogens is 4. The standard InChI is InChI=1S/C19H20F3N5O2/c20-19(21,22)15-4-1-3-14(11-15)12-18-26-25-17(29-18)6-5-16(28)24-7-2-9-27-10-8-23-13-27/h1,3-4,8,10-11,13H,2,5-7,9,12H2,(H,24,28). The number of halogens is 3. The molecule has 0 atom stereocenters. The second-order valence-electron chi connectivity index (χ2n) is 6.47. The zero-order valence-electron chi connectivity index (χ0n) is 15.5. The number of carbonyl (C=O) groups excluding carboxylic acids is 1. The highest BCUT2D eigenvalue weighted by atomic mass is 19.4. The SMILES string of the molecule is O=C(CCc1nnc(Cc2cccc(C(F)(F)F)c2)o1)NCCCn1ccnc1. The molecule has 0 saturated heterocycles. The van der Waals surface area contributed by atoms with Gasteiger partial charge in [0.25, 0.3) is 0 Å². The van der Waals surface area contributed by atoms with Crippen molar-refractivity contribution >= 4 is 5.91 Å². The van der Waals surface area contributed by atoms with E-state index in [9.17, 15) is 18.0 Å². The van der Waals surface area contributed by atoms with Gasteiger partial charge in [0.05, 0.1) is 18.3 Å². The number of nitrogens with zero attached hydrogens (tertiary/aromatic N) is 4. The second-order valence-corrected chi connectivity index (χ2v) is 6.47. The van der Waals surface area contributed by atoms with Crippen molar-refractivity contribution in [3.63, 3.8) is 0 Å². The number of carbonyl (C=O) groups is 1. The molecule has 29 heavy (non-hydrogen) atoms. The van der Waals surface area contributed by atoms with Gasteiger partial charge in [0, 0.05) is 38.3 Å². The zero-order valence-corrected chi connectivity index (χ0v) is 15.5. The highest BCUT2D eigenvalue weighted by Gasteiger charge is 2.30. The molecule has 0 fully saturated rings. The van der Waals surface area contributed by atoms with Crippen molar-refractivity contribution in [1.29, 1.82) is 0 Å². The summed E-state index contributed by atoms with van der Waals surface area (Å²) in [6.45, 7) is 1.31. The van der Waals surface area contributed by atoms with Crippen LogP contribution < -0.4 is 5.32 Å². The molecule has 0 unspecified atom stereocenters. The Morgan fingerprint density at radius 2 is 2.03 bits per heavy atom. The molecule has 1 N–H and O–H groups in total. The Hall–Kier alpha value is -3.17. The molecular weight excluding hydrogens is 387 g/mol. The lowest BCUT2D eigenvalue weighted by Gasteiger charge is -2.07. The van der Waals surface area contributed by atoms with Crippen LogP contribution in [0.1, 0.15) is 35.7 Å². The molecule has 0 spiro atoms. The molecule has 0 aliphatic heterocycles. The number of aryl methyl sites for hydroxylation is 2. The van der Waals surface area contributed by atoms with E-state index in [1.54, 1.807) is 18.6 Å². The fourth-order valence-electron chi connectivity index (χ4n) is 2.71.